The topological polar surface area (TPSA) is 76.5 Å². The van der Waals surface area contributed by atoms with Crippen LogP contribution in [0.1, 0.15) is 69.4 Å². The molecule has 168 valence electrons. The highest BCUT2D eigenvalue weighted by molar-refractivity contribution is 5.95. The van der Waals surface area contributed by atoms with Crippen molar-refractivity contribution in [2.45, 2.75) is 65.0 Å². The number of benzene rings is 1. The largest absolute Gasteiger partial charge is 0.444 e. The highest BCUT2D eigenvalue weighted by Gasteiger charge is 2.29. The van der Waals surface area contributed by atoms with Gasteiger partial charge in [0.2, 0.25) is 0 Å². The third kappa shape index (κ3) is 5.62. The Hall–Kier alpha value is -2.90. The summed E-state index contributed by atoms with van der Waals surface area (Å²) < 4.78 is 20.4. The molecule has 2 heterocycles. The first kappa shape index (κ1) is 22.8. The summed E-state index contributed by atoms with van der Waals surface area (Å²) in [6, 6.07) is 6.00. The van der Waals surface area contributed by atoms with Crippen molar-refractivity contribution >= 4 is 12.0 Å². The molecule has 0 radical (unpaired) electrons. The van der Waals surface area contributed by atoms with E-state index in [0.29, 0.717) is 37.2 Å². The van der Waals surface area contributed by atoms with Gasteiger partial charge in [0.05, 0.1) is 23.1 Å². The summed E-state index contributed by atoms with van der Waals surface area (Å²) >= 11 is 0. The zero-order chi connectivity index (χ0) is 22.8. The number of nitrogens with one attached hydrogen (secondary N) is 1. The van der Waals surface area contributed by atoms with Crippen molar-refractivity contribution in [2.24, 2.45) is 0 Å². The number of hydrogen-bond acceptors (Lipinski definition) is 4. The Kier molecular flexibility index (Phi) is 6.67. The first-order chi connectivity index (χ1) is 14.5. The Bertz CT molecular complexity index is 923. The third-order valence-electron chi connectivity index (χ3n) is 5.15. The maximum atomic E-state index is 13.3. The summed E-state index contributed by atoms with van der Waals surface area (Å²) in [6.07, 6.45) is 2.56. The predicted molar refractivity (Wildman–Crippen MR) is 116 cm³/mol. The molecule has 1 fully saturated rings. The van der Waals surface area contributed by atoms with Crippen molar-refractivity contribution in [1.29, 1.82) is 0 Å². The van der Waals surface area contributed by atoms with Gasteiger partial charge in [-0.1, -0.05) is 13.8 Å². The Morgan fingerprint density at radius 1 is 1.16 bits per heavy atom. The minimum atomic E-state index is -0.528. The summed E-state index contributed by atoms with van der Waals surface area (Å²) in [5.41, 5.74) is 1.46. The third-order valence-corrected chi connectivity index (χ3v) is 5.15. The lowest BCUT2D eigenvalue weighted by molar-refractivity contribution is 0.0199. The van der Waals surface area contributed by atoms with Gasteiger partial charge in [0.1, 0.15) is 11.4 Å². The first-order valence-electron chi connectivity index (χ1n) is 10.7. The van der Waals surface area contributed by atoms with Crippen LogP contribution in [0.2, 0.25) is 0 Å². The Labute approximate surface area is 182 Å². The number of piperidine rings is 1. The van der Waals surface area contributed by atoms with E-state index in [1.807, 2.05) is 34.6 Å². The molecule has 0 bridgehead atoms. The highest BCUT2D eigenvalue weighted by atomic mass is 19.1. The molecule has 7 nitrogen and oxygen atoms in total. The van der Waals surface area contributed by atoms with Crippen LogP contribution in [0.15, 0.2) is 30.5 Å². The fourth-order valence-corrected chi connectivity index (χ4v) is 3.67. The van der Waals surface area contributed by atoms with Crippen LogP contribution in [-0.4, -0.2) is 51.4 Å². The number of likely N-dealkylation sites (tertiary alicyclic amines) is 1. The number of carbonyl (C=O) groups excluding carboxylic acids is 2. The molecule has 0 saturated carbocycles. The molecule has 0 spiro atoms. The molecule has 3 rings (SSSR count). The van der Waals surface area contributed by atoms with Gasteiger partial charge >= 0.3 is 6.09 Å². The molecule has 2 aromatic rings. The minimum Gasteiger partial charge on any atom is -0.444 e. The number of carbonyl (C=O) groups is 2. The summed E-state index contributed by atoms with van der Waals surface area (Å²) in [6.45, 7) is 10.6. The van der Waals surface area contributed by atoms with Gasteiger partial charge in [-0.15, -0.1) is 0 Å². The maximum absolute atomic E-state index is 13.3. The summed E-state index contributed by atoms with van der Waals surface area (Å²) in [4.78, 5) is 26.9. The Morgan fingerprint density at radius 3 is 2.32 bits per heavy atom. The predicted octanol–water partition coefficient (Wildman–Crippen LogP) is 4.26. The van der Waals surface area contributed by atoms with Gasteiger partial charge in [0.15, 0.2) is 0 Å². The molecule has 2 amide bonds. The molecule has 1 saturated heterocycles. The van der Waals surface area contributed by atoms with Crippen molar-refractivity contribution in [1.82, 2.24) is 20.0 Å². The number of amides is 2. The second-order valence-electron chi connectivity index (χ2n) is 9.20. The molecule has 1 aliphatic rings. The number of rotatable bonds is 4. The highest BCUT2D eigenvalue weighted by Crippen LogP contribution is 2.24. The Balaban J connectivity index is 1.66. The fraction of sp³-hybridized carbons (Fsp3) is 0.522. The van der Waals surface area contributed by atoms with E-state index in [-0.39, 0.29) is 29.8 Å². The van der Waals surface area contributed by atoms with Crippen molar-refractivity contribution in [3.05, 3.63) is 47.5 Å². The molecular formula is C23H31FN4O3. The number of aromatic nitrogens is 2. The molecule has 1 aromatic heterocycles. The molecule has 0 atom stereocenters. The number of nitrogens with zero attached hydrogens (tertiary/aromatic N) is 3. The zero-order valence-electron chi connectivity index (χ0n) is 18.8. The van der Waals surface area contributed by atoms with Gasteiger partial charge < -0.3 is 15.0 Å². The standard InChI is InChI=1S/C23H31FN4O3/c1-15(2)20-19(14-25-28(20)18-8-6-16(24)7-9-18)21(29)26-17-10-12-27(13-11-17)22(30)31-23(3,4)5/h6-9,14-15,17H,10-13H2,1-5H3,(H,26,29). The maximum Gasteiger partial charge on any atom is 0.410 e. The van der Waals surface area contributed by atoms with Crippen LogP contribution >= 0.6 is 0 Å². The normalized spacial score (nSPS) is 15.3. The second-order valence-corrected chi connectivity index (χ2v) is 9.20. The van der Waals surface area contributed by atoms with Gasteiger partial charge in [-0.05, 0) is 63.8 Å². The van der Waals surface area contributed by atoms with Crippen LogP contribution in [0.5, 0.6) is 0 Å². The molecule has 8 heteroatoms. The van der Waals surface area contributed by atoms with Gasteiger partial charge in [-0.25, -0.2) is 13.9 Å². The van der Waals surface area contributed by atoms with E-state index in [1.54, 1.807) is 27.9 Å². The summed E-state index contributed by atoms with van der Waals surface area (Å²) in [7, 11) is 0. The van der Waals surface area contributed by atoms with E-state index >= 15 is 0 Å². The average molecular weight is 431 g/mol. The lowest BCUT2D eigenvalue weighted by Gasteiger charge is -2.33. The lowest BCUT2D eigenvalue weighted by atomic mass is 10.0. The van der Waals surface area contributed by atoms with E-state index in [1.165, 1.54) is 12.1 Å². The quantitative estimate of drug-likeness (QED) is 0.786. The number of hydrogen-bond donors (Lipinski definition) is 1. The van der Waals surface area contributed by atoms with Gasteiger partial charge in [-0.3, -0.25) is 4.79 Å². The van der Waals surface area contributed by atoms with Gasteiger partial charge in [0, 0.05) is 19.1 Å². The number of halogens is 1. The lowest BCUT2D eigenvalue weighted by Crippen LogP contribution is -2.47. The molecule has 1 N–H and O–H groups in total. The second kappa shape index (κ2) is 9.08. The molecule has 31 heavy (non-hydrogen) atoms. The molecule has 0 unspecified atom stereocenters. The van der Waals surface area contributed by atoms with Crippen LogP contribution in [0.3, 0.4) is 0 Å². The van der Waals surface area contributed by atoms with E-state index in [9.17, 15) is 14.0 Å². The smallest absolute Gasteiger partial charge is 0.410 e. The van der Waals surface area contributed by atoms with E-state index < -0.39 is 5.60 Å². The van der Waals surface area contributed by atoms with Gasteiger partial charge in [-0.2, -0.15) is 5.10 Å². The van der Waals surface area contributed by atoms with Crippen LogP contribution in [0, 0.1) is 5.82 Å². The van der Waals surface area contributed by atoms with Crippen LogP contribution < -0.4 is 5.32 Å². The van der Waals surface area contributed by atoms with Crippen molar-refractivity contribution in [2.75, 3.05) is 13.1 Å². The van der Waals surface area contributed by atoms with Crippen molar-refractivity contribution in [3.8, 4) is 5.69 Å². The molecular weight excluding hydrogens is 399 g/mol. The first-order valence-corrected chi connectivity index (χ1v) is 10.7. The van der Waals surface area contributed by atoms with Crippen molar-refractivity contribution < 1.29 is 18.7 Å². The molecule has 1 aromatic carbocycles. The van der Waals surface area contributed by atoms with Crippen LogP contribution in [0.25, 0.3) is 5.69 Å². The number of ether oxygens (including phenoxy) is 1. The van der Waals surface area contributed by atoms with E-state index in [2.05, 4.69) is 10.4 Å². The van der Waals surface area contributed by atoms with Gasteiger partial charge in [0.25, 0.3) is 5.91 Å². The summed E-state index contributed by atoms with van der Waals surface area (Å²) in [5, 5.41) is 7.47. The van der Waals surface area contributed by atoms with Crippen molar-refractivity contribution in [3.63, 3.8) is 0 Å². The van der Waals surface area contributed by atoms with Crippen LogP contribution in [0.4, 0.5) is 9.18 Å². The SMILES string of the molecule is CC(C)c1c(C(=O)NC2CCN(C(=O)OC(C)(C)C)CC2)cnn1-c1ccc(F)cc1. The summed E-state index contributed by atoms with van der Waals surface area (Å²) in [5.74, 6) is -0.465. The average Bonchev–Trinajstić information content (AvgIpc) is 3.13. The molecule has 0 aliphatic carbocycles. The van der Waals surface area contributed by atoms with Crippen LogP contribution in [-0.2, 0) is 4.74 Å². The molecule has 1 aliphatic heterocycles. The minimum absolute atomic E-state index is 0.0274. The fourth-order valence-electron chi connectivity index (χ4n) is 3.67. The van der Waals surface area contributed by atoms with E-state index in [4.69, 9.17) is 4.74 Å². The Morgan fingerprint density at radius 2 is 1.77 bits per heavy atom. The zero-order valence-corrected chi connectivity index (χ0v) is 18.8. The van der Waals surface area contributed by atoms with E-state index in [0.717, 1.165) is 5.69 Å². The monoisotopic (exact) mass is 430 g/mol.